The number of aromatic nitrogens is 2. The summed E-state index contributed by atoms with van der Waals surface area (Å²) in [6, 6.07) is 3.88. The molecular formula is C15H20ClN3O. The molecule has 0 aromatic carbocycles. The van der Waals surface area contributed by atoms with Crippen LogP contribution in [0.4, 0.5) is 5.82 Å². The molecule has 2 heterocycles. The maximum atomic E-state index is 6.05. The van der Waals surface area contributed by atoms with Gasteiger partial charge in [0.1, 0.15) is 28.3 Å². The smallest absolute Gasteiger partial charge is 0.135 e. The van der Waals surface area contributed by atoms with Crippen LogP contribution in [0.25, 0.3) is 0 Å². The molecule has 1 unspecified atom stereocenters. The molecule has 108 valence electrons. The lowest BCUT2D eigenvalue weighted by atomic mass is 10.1. The first-order valence-corrected chi connectivity index (χ1v) is 7.12. The molecule has 0 spiro atoms. The molecule has 0 saturated heterocycles. The van der Waals surface area contributed by atoms with E-state index < -0.39 is 0 Å². The fraction of sp³-hybridized carbons (Fsp3) is 0.467. The van der Waals surface area contributed by atoms with Gasteiger partial charge in [-0.05, 0) is 26.8 Å². The van der Waals surface area contributed by atoms with Crippen LogP contribution in [-0.2, 0) is 0 Å². The van der Waals surface area contributed by atoms with Crippen LogP contribution in [-0.4, -0.2) is 9.97 Å². The zero-order chi connectivity index (χ0) is 14.9. The van der Waals surface area contributed by atoms with Crippen LogP contribution in [0, 0.1) is 13.8 Å². The molecule has 2 aromatic rings. The molecule has 1 N–H and O–H groups in total. The second-order valence-corrected chi connectivity index (χ2v) is 5.71. The number of aryl methyl sites for hydroxylation is 2. The van der Waals surface area contributed by atoms with E-state index >= 15 is 0 Å². The third kappa shape index (κ3) is 3.31. The minimum Gasteiger partial charge on any atom is -0.466 e. The Kier molecular flexibility index (Phi) is 4.33. The van der Waals surface area contributed by atoms with E-state index in [2.05, 4.69) is 22.2 Å². The Morgan fingerprint density at radius 1 is 1.15 bits per heavy atom. The summed E-state index contributed by atoms with van der Waals surface area (Å²) < 4.78 is 5.56. The molecule has 0 aliphatic rings. The first-order valence-electron chi connectivity index (χ1n) is 6.74. The average Bonchev–Trinajstić information content (AvgIpc) is 2.67. The molecule has 0 bridgehead atoms. The van der Waals surface area contributed by atoms with E-state index in [4.69, 9.17) is 16.0 Å². The minimum absolute atomic E-state index is 0.0958. The molecule has 0 aliphatic carbocycles. The summed E-state index contributed by atoms with van der Waals surface area (Å²) in [4.78, 5) is 8.73. The van der Waals surface area contributed by atoms with Crippen LogP contribution < -0.4 is 5.32 Å². The topological polar surface area (TPSA) is 51.0 Å². The Morgan fingerprint density at radius 3 is 2.40 bits per heavy atom. The van der Waals surface area contributed by atoms with Gasteiger partial charge < -0.3 is 9.73 Å². The highest BCUT2D eigenvalue weighted by Crippen LogP contribution is 2.25. The van der Waals surface area contributed by atoms with Crippen molar-refractivity contribution in [2.45, 2.75) is 46.6 Å². The first kappa shape index (κ1) is 14.9. The third-order valence-corrected chi connectivity index (χ3v) is 3.33. The van der Waals surface area contributed by atoms with Gasteiger partial charge >= 0.3 is 0 Å². The summed E-state index contributed by atoms with van der Waals surface area (Å²) in [6.45, 7) is 10.1. The summed E-state index contributed by atoms with van der Waals surface area (Å²) in [5.41, 5.74) is 1.13. The lowest BCUT2D eigenvalue weighted by Crippen LogP contribution is -2.10. The van der Waals surface area contributed by atoms with Crippen LogP contribution >= 0.6 is 11.6 Å². The van der Waals surface area contributed by atoms with Crippen molar-refractivity contribution in [2.24, 2.45) is 0 Å². The quantitative estimate of drug-likeness (QED) is 0.835. The van der Waals surface area contributed by atoms with Gasteiger partial charge in [-0.15, -0.1) is 0 Å². The number of nitrogens with zero attached hydrogens (tertiary/aromatic N) is 2. The Balaban J connectivity index is 2.23. The SMILES string of the molecule is Cc1cc(C(C)Nc2cc(Cl)nc(C(C)C)n2)c(C)o1. The van der Waals surface area contributed by atoms with Crippen molar-refractivity contribution < 1.29 is 4.42 Å². The van der Waals surface area contributed by atoms with E-state index in [1.54, 1.807) is 6.07 Å². The Bertz CT molecular complexity index is 607. The van der Waals surface area contributed by atoms with Gasteiger partial charge in [-0.25, -0.2) is 9.97 Å². The van der Waals surface area contributed by atoms with Gasteiger partial charge in [0.2, 0.25) is 0 Å². The third-order valence-electron chi connectivity index (χ3n) is 3.14. The lowest BCUT2D eigenvalue weighted by molar-refractivity contribution is 0.499. The zero-order valence-electron chi connectivity index (χ0n) is 12.5. The predicted octanol–water partition coefficient (Wildman–Crippen LogP) is 4.64. The molecule has 0 saturated carbocycles. The van der Waals surface area contributed by atoms with E-state index in [-0.39, 0.29) is 12.0 Å². The van der Waals surface area contributed by atoms with Gasteiger partial charge in [-0.2, -0.15) is 0 Å². The minimum atomic E-state index is 0.0958. The summed E-state index contributed by atoms with van der Waals surface area (Å²) in [7, 11) is 0. The Labute approximate surface area is 124 Å². The van der Waals surface area contributed by atoms with Crippen LogP contribution in [0.2, 0.25) is 5.15 Å². The number of halogens is 1. The molecule has 0 amide bonds. The van der Waals surface area contributed by atoms with Crippen molar-refractivity contribution >= 4 is 17.4 Å². The Morgan fingerprint density at radius 2 is 1.85 bits per heavy atom. The number of hydrogen-bond acceptors (Lipinski definition) is 4. The lowest BCUT2D eigenvalue weighted by Gasteiger charge is -2.15. The van der Waals surface area contributed by atoms with E-state index in [1.807, 2.05) is 33.8 Å². The fourth-order valence-electron chi connectivity index (χ4n) is 2.15. The highest BCUT2D eigenvalue weighted by molar-refractivity contribution is 6.29. The predicted molar refractivity (Wildman–Crippen MR) is 81.4 cm³/mol. The molecule has 5 heteroatoms. The first-order chi connectivity index (χ1) is 9.36. The maximum absolute atomic E-state index is 6.05. The molecular weight excluding hydrogens is 274 g/mol. The molecule has 2 aromatic heterocycles. The summed E-state index contributed by atoms with van der Waals surface area (Å²) >= 11 is 6.05. The van der Waals surface area contributed by atoms with Crippen molar-refractivity contribution in [1.82, 2.24) is 9.97 Å². The van der Waals surface area contributed by atoms with E-state index in [0.717, 1.165) is 28.7 Å². The van der Waals surface area contributed by atoms with E-state index in [1.165, 1.54) is 0 Å². The van der Waals surface area contributed by atoms with Crippen LogP contribution in [0.5, 0.6) is 0 Å². The molecule has 20 heavy (non-hydrogen) atoms. The molecule has 1 atom stereocenters. The standard InChI is InChI=1S/C15H20ClN3O/c1-8(2)15-18-13(16)7-14(19-15)17-10(4)12-6-9(3)20-11(12)5/h6-8,10H,1-5H3,(H,17,18,19). The van der Waals surface area contributed by atoms with Crippen molar-refractivity contribution in [3.8, 4) is 0 Å². The summed E-state index contributed by atoms with van der Waals surface area (Å²) in [5, 5.41) is 3.81. The summed E-state index contributed by atoms with van der Waals surface area (Å²) in [6.07, 6.45) is 0. The highest BCUT2D eigenvalue weighted by atomic mass is 35.5. The van der Waals surface area contributed by atoms with Crippen molar-refractivity contribution in [3.05, 3.63) is 40.2 Å². The van der Waals surface area contributed by atoms with Gasteiger partial charge in [0.15, 0.2) is 0 Å². The zero-order valence-corrected chi connectivity index (χ0v) is 13.2. The largest absolute Gasteiger partial charge is 0.466 e. The molecule has 4 nitrogen and oxygen atoms in total. The van der Waals surface area contributed by atoms with Crippen LogP contribution in [0.3, 0.4) is 0 Å². The van der Waals surface area contributed by atoms with Crippen LogP contribution in [0.15, 0.2) is 16.5 Å². The van der Waals surface area contributed by atoms with Crippen molar-refractivity contribution in [2.75, 3.05) is 5.32 Å². The van der Waals surface area contributed by atoms with E-state index in [9.17, 15) is 0 Å². The maximum Gasteiger partial charge on any atom is 0.135 e. The van der Waals surface area contributed by atoms with Crippen LogP contribution in [0.1, 0.15) is 55.6 Å². The Hall–Kier alpha value is -1.55. The van der Waals surface area contributed by atoms with Gasteiger partial charge in [-0.1, -0.05) is 25.4 Å². The van der Waals surface area contributed by atoms with Gasteiger partial charge in [0, 0.05) is 17.5 Å². The second kappa shape index (κ2) is 5.83. The normalized spacial score (nSPS) is 12.8. The average molecular weight is 294 g/mol. The molecule has 0 fully saturated rings. The second-order valence-electron chi connectivity index (χ2n) is 5.32. The fourth-order valence-corrected chi connectivity index (χ4v) is 2.34. The van der Waals surface area contributed by atoms with Gasteiger partial charge in [-0.3, -0.25) is 0 Å². The number of nitrogens with one attached hydrogen (secondary N) is 1. The van der Waals surface area contributed by atoms with Gasteiger partial charge in [0.05, 0.1) is 6.04 Å². The van der Waals surface area contributed by atoms with Gasteiger partial charge in [0.25, 0.3) is 0 Å². The molecule has 2 rings (SSSR count). The molecule has 0 aliphatic heterocycles. The monoisotopic (exact) mass is 293 g/mol. The highest BCUT2D eigenvalue weighted by Gasteiger charge is 2.14. The van der Waals surface area contributed by atoms with Crippen molar-refractivity contribution in [3.63, 3.8) is 0 Å². The van der Waals surface area contributed by atoms with E-state index in [0.29, 0.717) is 5.15 Å². The van der Waals surface area contributed by atoms with Crippen molar-refractivity contribution in [1.29, 1.82) is 0 Å². The molecule has 0 radical (unpaired) electrons. The number of anilines is 1. The number of hydrogen-bond donors (Lipinski definition) is 1. The summed E-state index contributed by atoms with van der Waals surface area (Å²) in [5.74, 6) is 3.55. The number of furan rings is 1. The number of rotatable bonds is 4.